The molecule has 0 spiro atoms. The fourth-order valence-electron chi connectivity index (χ4n) is 2.38. The van der Waals surface area contributed by atoms with Crippen molar-refractivity contribution in [3.63, 3.8) is 0 Å². The molecule has 1 aliphatic carbocycles. The first-order valence-corrected chi connectivity index (χ1v) is 5.89. The molecular weight excluding hydrogens is 260 g/mol. The highest BCUT2D eigenvalue weighted by Crippen LogP contribution is 2.37. The molecule has 0 atom stereocenters. The molecule has 5 nitrogen and oxygen atoms in total. The van der Waals surface area contributed by atoms with E-state index in [1.165, 1.54) is 12.1 Å². The van der Waals surface area contributed by atoms with Gasteiger partial charge in [-0.1, -0.05) is 0 Å². The van der Waals surface area contributed by atoms with Gasteiger partial charge in [0.1, 0.15) is 17.2 Å². The maximum atomic E-state index is 12.4. The molecule has 0 saturated carbocycles. The Morgan fingerprint density at radius 1 is 0.750 bits per heavy atom. The van der Waals surface area contributed by atoms with Gasteiger partial charge in [-0.25, -0.2) is 0 Å². The van der Waals surface area contributed by atoms with E-state index >= 15 is 0 Å². The van der Waals surface area contributed by atoms with Crippen LogP contribution in [0, 0.1) is 6.92 Å². The second kappa shape index (κ2) is 3.84. The number of aryl methyl sites for hydroxylation is 1. The average molecular weight is 270 g/mol. The number of carbonyl (C=O) groups is 2. The van der Waals surface area contributed by atoms with Crippen LogP contribution in [0.1, 0.15) is 37.4 Å². The molecule has 0 radical (unpaired) electrons. The largest absolute Gasteiger partial charge is 0.508 e. The lowest BCUT2D eigenvalue weighted by Gasteiger charge is -2.19. The Hall–Kier alpha value is -2.82. The first-order valence-electron chi connectivity index (χ1n) is 5.89. The Labute approximate surface area is 113 Å². The third-order valence-electron chi connectivity index (χ3n) is 3.40. The molecule has 0 aliphatic heterocycles. The molecule has 20 heavy (non-hydrogen) atoms. The van der Waals surface area contributed by atoms with Crippen LogP contribution in [0.25, 0.3) is 0 Å². The second-order valence-electron chi connectivity index (χ2n) is 4.73. The van der Waals surface area contributed by atoms with Crippen molar-refractivity contribution < 1.29 is 24.9 Å². The minimum Gasteiger partial charge on any atom is -0.508 e. The number of ketones is 2. The van der Waals surface area contributed by atoms with Crippen molar-refractivity contribution in [1.29, 1.82) is 0 Å². The van der Waals surface area contributed by atoms with Crippen molar-refractivity contribution in [2.45, 2.75) is 6.92 Å². The van der Waals surface area contributed by atoms with Gasteiger partial charge in [-0.05, 0) is 30.7 Å². The zero-order chi connectivity index (χ0) is 14.6. The third kappa shape index (κ3) is 1.50. The van der Waals surface area contributed by atoms with E-state index < -0.39 is 17.3 Å². The summed E-state index contributed by atoms with van der Waals surface area (Å²) in [6.07, 6.45) is 0. The summed E-state index contributed by atoms with van der Waals surface area (Å²) >= 11 is 0. The zero-order valence-electron chi connectivity index (χ0n) is 10.5. The highest BCUT2D eigenvalue weighted by molar-refractivity contribution is 6.29. The van der Waals surface area contributed by atoms with Gasteiger partial charge in [-0.15, -0.1) is 0 Å². The molecule has 3 N–H and O–H groups in total. The lowest BCUT2D eigenvalue weighted by Crippen LogP contribution is -2.21. The molecule has 0 heterocycles. The number of carbonyl (C=O) groups excluding carboxylic acids is 2. The maximum absolute atomic E-state index is 12.4. The molecule has 1 aliphatic rings. The first kappa shape index (κ1) is 12.2. The predicted octanol–water partition coefficient (Wildman–Crippen LogP) is 1.89. The van der Waals surface area contributed by atoms with Crippen molar-refractivity contribution in [2.24, 2.45) is 0 Å². The van der Waals surface area contributed by atoms with E-state index in [9.17, 15) is 24.9 Å². The van der Waals surface area contributed by atoms with Gasteiger partial charge in [0.05, 0.1) is 5.56 Å². The van der Waals surface area contributed by atoms with Gasteiger partial charge in [0.2, 0.25) is 0 Å². The van der Waals surface area contributed by atoms with Gasteiger partial charge in [-0.3, -0.25) is 9.59 Å². The van der Waals surface area contributed by atoms with E-state index in [2.05, 4.69) is 0 Å². The first-order chi connectivity index (χ1) is 9.40. The normalized spacial score (nSPS) is 13.1. The standard InChI is InChI=1S/C15H10O5/c1-6-2-8-9(5-11(6)17)15(20)13-10(14(8)19)3-7(16)4-12(13)18/h2-5,16-18H,1H3. The summed E-state index contributed by atoms with van der Waals surface area (Å²) in [6.45, 7) is 1.61. The van der Waals surface area contributed by atoms with Crippen molar-refractivity contribution >= 4 is 11.6 Å². The number of hydrogen-bond donors (Lipinski definition) is 3. The molecule has 2 aromatic rings. The van der Waals surface area contributed by atoms with Crippen LogP contribution in [0.3, 0.4) is 0 Å². The van der Waals surface area contributed by atoms with E-state index in [1.807, 2.05) is 0 Å². The van der Waals surface area contributed by atoms with E-state index in [-0.39, 0.29) is 33.8 Å². The van der Waals surface area contributed by atoms with Gasteiger partial charge >= 0.3 is 0 Å². The Kier molecular flexibility index (Phi) is 2.34. The smallest absolute Gasteiger partial charge is 0.198 e. The van der Waals surface area contributed by atoms with Gasteiger partial charge in [-0.2, -0.15) is 0 Å². The van der Waals surface area contributed by atoms with Gasteiger partial charge in [0, 0.05) is 22.8 Å². The molecule has 0 aromatic heterocycles. The molecule has 0 fully saturated rings. The molecule has 0 bridgehead atoms. The van der Waals surface area contributed by atoms with Gasteiger partial charge in [0.25, 0.3) is 0 Å². The molecule has 0 amide bonds. The Balaban J connectivity index is 2.36. The van der Waals surface area contributed by atoms with E-state index in [4.69, 9.17) is 0 Å². The van der Waals surface area contributed by atoms with E-state index in [1.54, 1.807) is 6.92 Å². The number of fused-ring (bicyclic) bond motifs is 2. The molecule has 3 rings (SSSR count). The number of hydrogen-bond acceptors (Lipinski definition) is 5. The SMILES string of the molecule is Cc1cc2c(cc1O)C(=O)c1c(O)cc(O)cc1C2=O. The number of aromatic hydroxyl groups is 3. The molecule has 0 saturated heterocycles. The summed E-state index contributed by atoms with van der Waals surface area (Å²) < 4.78 is 0. The van der Waals surface area contributed by atoms with Crippen LogP contribution < -0.4 is 0 Å². The van der Waals surface area contributed by atoms with Crippen LogP contribution in [-0.2, 0) is 0 Å². The van der Waals surface area contributed by atoms with E-state index in [0.29, 0.717) is 5.56 Å². The summed E-state index contributed by atoms with van der Waals surface area (Å²) in [5.41, 5.74) is 0.487. The molecule has 2 aromatic carbocycles. The summed E-state index contributed by atoms with van der Waals surface area (Å²) in [5.74, 6) is -1.86. The van der Waals surface area contributed by atoms with E-state index in [0.717, 1.165) is 12.1 Å². The van der Waals surface area contributed by atoms with Gasteiger partial charge < -0.3 is 15.3 Å². The van der Waals surface area contributed by atoms with Crippen LogP contribution in [0.5, 0.6) is 17.2 Å². The Bertz CT molecular complexity index is 789. The molecule has 100 valence electrons. The van der Waals surface area contributed by atoms with Crippen LogP contribution in [-0.4, -0.2) is 26.9 Å². The average Bonchev–Trinajstić information content (AvgIpc) is 2.37. The lowest BCUT2D eigenvalue weighted by atomic mass is 9.82. The number of benzene rings is 2. The van der Waals surface area contributed by atoms with Crippen LogP contribution in [0.4, 0.5) is 0 Å². The Morgan fingerprint density at radius 3 is 2.10 bits per heavy atom. The molecular formula is C15H10O5. The lowest BCUT2D eigenvalue weighted by molar-refractivity contribution is 0.0976. The molecule has 0 unspecified atom stereocenters. The Morgan fingerprint density at radius 2 is 1.40 bits per heavy atom. The minimum atomic E-state index is -0.553. The highest BCUT2D eigenvalue weighted by Gasteiger charge is 2.33. The summed E-state index contributed by atoms with van der Waals surface area (Å²) in [7, 11) is 0. The number of phenols is 3. The fraction of sp³-hybridized carbons (Fsp3) is 0.0667. The third-order valence-corrected chi connectivity index (χ3v) is 3.40. The predicted molar refractivity (Wildman–Crippen MR) is 69.5 cm³/mol. The highest BCUT2D eigenvalue weighted by atomic mass is 16.3. The summed E-state index contributed by atoms with van der Waals surface area (Å²) in [5, 5.41) is 28.9. The van der Waals surface area contributed by atoms with Crippen LogP contribution >= 0.6 is 0 Å². The van der Waals surface area contributed by atoms with Crippen LogP contribution in [0.15, 0.2) is 24.3 Å². The fourth-order valence-corrected chi connectivity index (χ4v) is 2.38. The van der Waals surface area contributed by atoms with Crippen molar-refractivity contribution in [2.75, 3.05) is 0 Å². The van der Waals surface area contributed by atoms with Crippen molar-refractivity contribution in [3.8, 4) is 17.2 Å². The van der Waals surface area contributed by atoms with Gasteiger partial charge in [0.15, 0.2) is 11.6 Å². The maximum Gasteiger partial charge on any atom is 0.198 e. The zero-order valence-corrected chi connectivity index (χ0v) is 10.5. The number of rotatable bonds is 0. The quantitative estimate of drug-likeness (QED) is 0.579. The van der Waals surface area contributed by atoms with Crippen molar-refractivity contribution in [3.05, 3.63) is 52.1 Å². The monoisotopic (exact) mass is 270 g/mol. The minimum absolute atomic E-state index is 0.0370. The molecule has 5 heteroatoms. The second-order valence-corrected chi connectivity index (χ2v) is 4.73. The summed E-state index contributed by atoms with van der Waals surface area (Å²) in [4.78, 5) is 24.7. The van der Waals surface area contributed by atoms with Crippen LogP contribution in [0.2, 0.25) is 0 Å². The topological polar surface area (TPSA) is 94.8 Å². The summed E-state index contributed by atoms with van der Waals surface area (Å²) in [6, 6.07) is 4.80. The van der Waals surface area contributed by atoms with Crippen molar-refractivity contribution in [1.82, 2.24) is 0 Å². The number of phenolic OH excluding ortho intramolecular Hbond substituents is 3.